The predicted octanol–water partition coefficient (Wildman–Crippen LogP) is 6.61. The number of ether oxygens (including phenoxy) is 1. The van der Waals surface area contributed by atoms with Crippen LogP contribution >= 0.6 is 11.3 Å². The third-order valence-electron chi connectivity index (χ3n) is 9.49. The molecule has 282 valence electrons. The molecule has 4 aromatic rings. The molecule has 0 bridgehead atoms. The monoisotopic (exact) mass is 742 g/mol. The normalized spacial score (nSPS) is 16.5. The van der Waals surface area contributed by atoms with Crippen molar-refractivity contribution in [2.24, 2.45) is 0 Å². The van der Waals surface area contributed by atoms with Gasteiger partial charge in [-0.05, 0) is 60.1 Å². The lowest BCUT2D eigenvalue weighted by molar-refractivity contribution is -0.158. The number of amides is 2. The molecule has 3 heterocycles. The van der Waals surface area contributed by atoms with Crippen LogP contribution in [0.25, 0.3) is 22.5 Å². The minimum absolute atomic E-state index is 0.0395. The lowest BCUT2D eigenvalue weighted by Crippen LogP contribution is -2.57. The van der Waals surface area contributed by atoms with Crippen LogP contribution in [-0.4, -0.2) is 79.0 Å². The van der Waals surface area contributed by atoms with Gasteiger partial charge in [-0.2, -0.15) is 0 Å². The second kappa shape index (κ2) is 17.9. The molecule has 11 nitrogen and oxygen atoms in total. The standard InChI is InChI=1S/C41H50N4O7S/c1-5-6-7-8-9-22-52-30-16-14-27(15-17-30)29-24-42-36(43-25-29)28-12-10-26(11-13-28)23-31(44-37(46)34-20-21-35(53-34)41(2,3)4)38(47)45-32(39(48)49)18-19-33(45)40(50)51/h10-17,20-21,24-25,31-33,39,48-49H,5-9,18-19,22-23H2,1-4H3,(H,44,46)(H,50,51)/t31-,32?,33?/m0/s1. The van der Waals surface area contributed by atoms with Gasteiger partial charge in [-0.25, -0.2) is 14.8 Å². The fourth-order valence-corrected chi connectivity index (χ4v) is 7.42. The van der Waals surface area contributed by atoms with Crippen LogP contribution in [0, 0.1) is 0 Å². The Balaban J connectivity index is 1.29. The number of aliphatic hydroxyl groups is 2. The summed E-state index contributed by atoms with van der Waals surface area (Å²) in [5.41, 5.74) is 3.10. The summed E-state index contributed by atoms with van der Waals surface area (Å²) in [4.78, 5) is 51.2. The molecule has 5 rings (SSSR count). The molecular formula is C41H50N4O7S. The summed E-state index contributed by atoms with van der Waals surface area (Å²) in [6, 6.07) is 15.2. The van der Waals surface area contributed by atoms with E-state index in [-0.39, 0.29) is 24.7 Å². The first-order chi connectivity index (χ1) is 25.3. The number of aliphatic hydroxyl groups excluding tert-OH is 1. The summed E-state index contributed by atoms with van der Waals surface area (Å²) in [6.45, 7) is 9.04. The van der Waals surface area contributed by atoms with Crippen LogP contribution in [-0.2, 0) is 21.4 Å². The molecule has 3 atom stereocenters. The Hall–Kier alpha value is -4.65. The van der Waals surface area contributed by atoms with Crippen LogP contribution in [0.1, 0.15) is 92.8 Å². The number of thiophene rings is 1. The van der Waals surface area contributed by atoms with Gasteiger partial charge >= 0.3 is 5.97 Å². The molecule has 0 radical (unpaired) electrons. The van der Waals surface area contributed by atoms with E-state index in [0.717, 1.165) is 38.6 Å². The third-order valence-corrected chi connectivity index (χ3v) is 11.0. The first-order valence-corrected chi connectivity index (χ1v) is 19.1. The Morgan fingerprint density at radius 1 is 0.887 bits per heavy atom. The molecule has 0 aliphatic carbocycles. The van der Waals surface area contributed by atoms with E-state index in [9.17, 15) is 29.7 Å². The minimum atomic E-state index is -1.93. The van der Waals surface area contributed by atoms with Crippen LogP contribution in [0.3, 0.4) is 0 Å². The van der Waals surface area contributed by atoms with Gasteiger partial charge in [0.2, 0.25) is 5.91 Å². The molecule has 53 heavy (non-hydrogen) atoms. The summed E-state index contributed by atoms with van der Waals surface area (Å²) < 4.78 is 5.89. The number of hydrogen-bond acceptors (Lipinski definition) is 9. The average Bonchev–Trinajstić information content (AvgIpc) is 3.83. The lowest BCUT2D eigenvalue weighted by Gasteiger charge is -2.33. The second-order valence-corrected chi connectivity index (χ2v) is 15.7. The van der Waals surface area contributed by atoms with Crippen molar-refractivity contribution in [3.8, 4) is 28.3 Å². The van der Waals surface area contributed by atoms with Crippen molar-refractivity contribution in [3.05, 3.63) is 88.4 Å². The van der Waals surface area contributed by atoms with E-state index >= 15 is 0 Å². The number of aromatic nitrogens is 2. The number of carboxylic acid groups (broad SMARTS) is 1. The Kier molecular flexibility index (Phi) is 13.4. The van der Waals surface area contributed by atoms with Crippen molar-refractivity contribution in [2.75, 3.05) is 6.61 Å². The number of rotatable bonds is 16. The molecule has 2 aromatic carbocycles. The van der Waals surface area contributed by atoms with Crippen LogP contribution in [0.4, 0.5) is 0 Å². The summed E-state index contributed by atoms with van der Waals surface area (Å²) >= 11 is 1.33. The number of nitrogens with zero attached hydrogens (tertiary/aromatic N) is 3. The minimum Gasteiger partial charge on any atom is -0.494 e. The van der Waals surface area contributed by atoms with Crippen LogP contribution in [0.15, 0.2) is 73.1 Å². The lowest BCUT2D eigenvalue weighted by atomic mass is 9.95. The van der Waals surface area contributed by atoms with Crippen LogP contribution in [0.5, 0.6) is 5.75 Å². The number of aliphatic carboxylic acids is 1. The van der Waals surface area contributed by atoms with Gasteiger partial charge in [-0.3, -0.25) is 9.59 Å². The van der Waals surface area contributed by atoms with Crippen molar-refractivity contribution in [2.45, 2.75) is 109 Å². The van der Waals surface area contributed by atoms with Gasteiger partial charge in [-0.15, -0.1) is 11.3 Å². The van der Waals surface area contributed by atoms with E-state index in [1.807, 2.05) is 75.4 Å². The predicted molar refractivity (Wildman–Crippen MR) is 205 cm³/mol. The van der Waals surface area contributed by atoms with E-state index < -0.39 is 42.2 Å². The van der Waals surface area contributed by atoms with E-state index in [2.05, 4.69) is 22.2 Å². The van der Waals surface area contributed by atoms with E-state index in [1.54, 1.807) is 18.5 Å². The van der Waals surface area contributed by atoms with Crippen molar-refractivity contribution in [1.29, 1.82) is 0 Å². The van der Waals surface area contributed by atoms with Crippen LogP contribution < -0.4 is 10.1 Å². The van der Waals surface area contributed by atoms with Crippen molar-refractivity contribution >= 4 is 29.1 Å². The number of carbonyl (C=O) groups is 3. The quantitative estimate of drug-likeness (QED) is 0.0731. The molecule has 2 unspecified atom stereocenters. The van der Waals surface area contributed by atoms with Gasteiger partial charge in [-0.1, -0.05) is 89.8 Å². The summed E-state index contributed by atoms with van der Waals surface area (Å²) in [7, 11) is 0. The molecule has 12 heteroatoms. The zero-order valence-electron chi connectivity index (χ0n) is 30.8. The number of hydrogen-bond donors (Lipinski definition) is 4. The summed E-state index contributed by atoms with van der Waals surface area (Å²) in [5.74, 6) is -1.07. The Morgan fingerprint density at radius 3 is 2.15 bits per heavy atom. The third kappa shape index (κ3) is 10.3. The van der Waals surface area contributed by atoms with Crippen molar-refractivity contribution < 1.29 is 34.4 Å². The van der Waals surface area contributed by atoms with Gasteiger partial charge in [0.15, 0.2) is 12.1 Å². The molecule has 0 saturated carbocycles. The maximum atomic E-state index is 14.1. The Morgan fingerprint density at radius 2 is 1.55 bits per heavy atom. The zero-order valence-corrected chi connectivity index (χ0v) is 31.6. The smallest absolute Gasteiger partial charge is 0.326 e. The fourth-order valence-electron chi connectivity index (χ4n) is 6.45. The molecule has 1 saturated heterocycles. The molecule has 1 fully saturated rings. The number of carboxylic acids is 1. The van der Waals surface area contributed by atoms with Gasteiger partial charge < -0.3 is 30.3 Å². The number of nitrogens with one attached hydrogen (secondary N) is 1. The Labute approximate surface area is 315 Å². The number of benzene rings is 2. The number of likely N-dealkylation sites (tertiary alicyclic amines) is 1. The molecule has 1 aliphatic rings. The highest BCUT2D eigenvalue weighted by Crippen LogP contribution is 2.31. The molecule has 4 N–H and O–H groups in total. The van der Waals surface area contributed by atoms with Gasteiger partial charge in [0.1, 0.15) is 17.8 Å². The van der Waals surface area contributed by atoms with E-state index in [4.69, 9.17) is 4.74 Å². The largest absolute Gasteiger partial charge is 0.494 e. The van der Waals surface area contributed by atoms with Crippen LogP contribution in [0.2, 0.25) is 0 Å². The molecule has 2 amide bonds. The fraction of sp³-hybridized carbons (Fsp3) is 0.439. The van der Waals surface area contributed by atoms with E-state index in [1.165, 1.54) is 37.0 Å². The molecular weight excluding hydrogens is 693 g/mol. The average molecular weight is 743 g/mol. The summed E-state index contributed by atoms with van der Waals surface area (Å²) in [5, 5.41) is 32.8. The van der Waals surface area contributed by atoms with Crippen molar-refractivity contribution in [1.82, 2.24) is 20.2 Å². The maximum absolute atomic E-state index is 14.1. The van der Waals surface area contributed by atoms with Gasteiger partial charge in [0, 0.05) is 34.8 Å². The second-order valence-electron chi connectivity index (χ2n) is 14.6. The highest BCUT2D eigenvalue weighted by molar-refractivity contribution is 7.14. The SMILES string of the molecule is CCCCCCCOc1ccc(-c2cnc(-c3ccc(C[C@H](NC(=O)c4ccc(C(C)(C)C)s4)C(=O)N4C(C(=O)O)CCC4C(O)O)cc3)nc2)cc1. The van der Waals surface area contributed by atoms with Gasteiger partial charge in [0.05, 0.1) is 17.5 Å². The highest BCUT2D eigenvalue weighted by atomic mass is 32.1. The first-order valence-electron chi connectivity index (χ1n) is 18.3. The zero-order chi connectivity index (χ0) is 38.1. The van der Waals surface area contributed by atoms with Gasteiger partial charge in [0.25, 0.3) is 5.91 Å². The molecule has 2 aromatic heterocycles. The molecule has 1 aliphatic heterocycles. The van der Waals surface area contributed by atoms with Crippen molar-refractivity contribution in [3.63, 3.8) is 0 Å². The highest BCUT2D eigenvalue weighted by Gasteiger charge is 2.46. The topological polar surface area (TPSA) is 162 Å². The number of carbonyl (C=O) groups excluding carboxylic acids is 2. The number of unbranched alkanes of at least 4 members (excludes halogenated alkanes) is 4. The van der Waals surface area contributed by atoms with E-state index in [0.29, 0.717) is 22.9 Å². The maximum Gasteiger partial charge on any atom is 0.326 e. The first kappa shape index (κ1) is 39.6. The molecule has 0 spiro atoms. The Bertz CT molecular complexity index is 1820. The summed E-state index contributed by atoms with van der Waals surface area (Å²) in [6.07, 6.45) is 7.75.